The first-order valence-electron chi connectivity index (χ1n) is 5.72. The zero-order valence-electron chi connectivity index (χ0n) is 10.2. The number of rotatable bonds is 4. The molecule has 0 bridgehead atoms. The summed E-state index contributed by atoms with van der Waals surface area (Å²) in [6.07, 6.45) is 1.58. The molecule has 2 aromatic rings. The molecule has 0 aliphatic carbocycles. The minimum absolute atomic E-state index is 0.0129. The van der Waals surface area contributed by atoms with E-state index in [4.69, 9.17) is 17.3 Å². The van der Waals surface area contributed by atoms with Gasteiger partial charge in [-0.2, -0.15) is 0 Å². The summed E-state index contributed by atoms with van der Waals surface area (Å²) in [5.74, 6) is -0.346. The maximum Gasteiger partial charge on any atom is 0.172 e. The van der Waals surface area contributed by atoms with Gasteiger partial charge in [-0.1, -0.05) is 30.1 Å². The highest BCUT2D eigenvalue weighted by Gasteiger charge is 2.13. The number of amidine groups is 1. The topological polar surface area (TPSA) is 77.3 Å². The number of halogens is 2. The van der Waals surface area contributed by atoms with Gasteiger partial charge in [-0.05, 0) is 29.8 Å². The smallest absolute Gasteiger partial charge is 0.172 e. The predicted molar refractivity (Wildman–Crippen MR) is 70.1 cm³/mol. The number of nitrogens with two attached hydrogens (primary N) is 1. The van der Waals surface area contributed by atoms with Gasteiger partial charge in [0.05, 0.1) is 10.7 Å². The quantitative estimate of drug-likeness (QED) is 0.691. The molecule has 19 heavy (non-hydrogen) atoms. The van der Waals surface area contributed by atoms with Crippen LogP contribution in [0.25, 0.3) is 0 Å². The van der Waals surface area contributed by atoms with Crippen molar-refractivity contribution in [3.05, 3.63) is 40.4 Å². The fourth-order valence-electron chi connectivity index (χ4n) is 1.55. The Kier molecular flexibility index (Phi) is 4.11. The minimum Gasteiger partial charge on any atom is -0.382 e. The van der Waals surface area contributed by atoms with Crippen molar-refractivity contribution in [1.82, 2.24) is 10.3 Å². The van der Waals surface area contributed by atoms with Crippen LogP contribution in [0.3, 0.4) is 0 Å². The lowest BCUT2D eigenvalue weighted by Gasteiger charge is -2.00. The second-order valence-corrected chi connectivity index (χ2v) is 4.31. The van der Waals surface area contributed by atoms with Gasteiger partial charge in [0.2, 0.25) is 0 Å². The molecule has 2 N–H and O–H groups in total. The molecule has 0 aliphatic rings. The first-order valence-corrected chi connectivity index (χ1v) is 6.10. The van der Waals surface area contributed by atoms with Gasteiger partial charge >= 0.3 is 0 Å². The van der Waals surface area contributed by atoms with Crippen LogP contribution in [0.2, 0.25) is 5.02 Å². The Labute approximate surface area is 114 Å². The Bertz CT molecular complexity index is 612. The van der Waals surface area contributed by atoms with Crippen LogP contribution in [0, 0.1) is 5.82 Å². The Morgan fingerprint density at radius 3 is 2.95 bits per heavy atom. The van der Waals surface area contributed by atoms with Crippen molar-refractivity contribution in [3.63, 3.8) is 0 Å². The van der Waals surface area contributed by atoms with Crippen molar-refractivity contribution in [2.24, 2.45) is 10.7 Å². The first kappa shape index (κ1) is 13.5. The Hall–Kier alpha value is -1.95. The summed E-state index contributed by atoms with van der Waals surface area (Å²) >= 11 is 5.67. The van der Waals surface area contributed by atoms with Gasteiger partial charge in [0, 0.05) is 0 Å². The molecule has 0 saturated carbocycles. The molecule has 0 radical (unpaired) electrons. The lowest BCUT2D eigenvalue weighted by molar-refractivity contribution is 0.302. The average molecular weight is 283 g/mol. The molecular formula is C12H12ClFN4O. The van der Waals surface area contributed by atoms with Crippen LogP contribution in [0.4, 0.5) is 10.1 Å². The van der Waals surface area contributed by atoms with E-state index in [0.717, 1.165) is 6.42 Å². The number of aromatic nitrogens is 2. The van der Waals surface area contributed by atoms with Crippen molar-refractivity contribution in [3.8, 4) is 0 Å². The summed E-state index contributed by atoms with van der Waals surface area (Å²) in [6.45, 7) is 2.01. The molecule has 0 spiro atoms. The van der Waals surface area contributed by atoms with Gasteiger partial charge in [-0.25, -0.2) is 14.0 Å². The molecule has 1 aromatic heterocycles. The molecule has 1 heterocycles. The van der Waals surface area contributed by atoms with Crippen LogP contribution in [0.1, 0.15) is 24.7 Å². The number of benzene rings is 1. The van der Waals surface area contributed by atoms with Crippen LogP contribution in [-0.2, 0) is 6.42 Å². The van der Waals surface area contributed by atoms with Gasteiger partial charge in [0.25, 0.3) is 0 Å². The average Bonchev–Trinajstić information content (AvgIpc) is 2.83. The van der Waals surface area contributed by atoms with Crippen LogP contribution in [0.5, 0.6) is 0 Å². The van der Waals surface area contributed by atoms with Crippen molar-refractivity contribution >= 4 is 23.1 Å². The van der Waals surface area contributed by atoms with Crippen molar-refractivity contribution in [2.75, 3.05) is 0 Å². The van der Waals surface area contributed by atoms with E-state index < -0.39 is 5.82 Å². The van der Waals surface area contributed by atoms with E-state index in [1.54, 1.807) is 0 Å². The third-order valence-corrected chi connectivity index (χ3v) is 2.73. The molecule has 2 rings (SSSR count). The van der Waals surface area contributed by atoms with E-state index in [-0.39, 0.29) is 10.9 Å². The zero-order valence-corrected chi connectivity index (χ0v) is 11.0. The predicted octanol–water partition coefficient (Wildman–Crippen LogP) is 2.85. The largest absolute Gasteiger partial charge is 0.382 e. The van der Waals surface area contributed by atoms with E-state index in [1.807, 2.05) is 6.92 Å². The molecule has 0 fully saturated rings. The molecule has 1 aromatic carbocycles. The summed E-state index contributed by atoms with van der Waals surface area (Å²) in [6, 6.07) is 4.08. The van der Waals surface area contributed by atoms with E-state index >= 15 is 0 Å². The Morgan fingerprint density at radius 2 is 2.26 bits per heavy atom. The lowest BCUT2D eigenvalue weighted by atomic mass is 10.2. The van der Waals surface area contributed by atoms with Crippen LogP contribution < -0.4 is 5.73 Å². The molecule has 0 amide bonds. The third kappa shape index (κ3) is 3.08. The highest BCUT2D eigenvalue weighted by molar-refractivity contribution is 6.31. The number of nitrogens with zero attached hydrogens (tertiary/aromatic N) is 3. The fraction of sp³-hybridized carbons (Fsp3) is 0.250. The molecule has 0 atom stereocenters. The summed E-state index contributed by atoms with van der Waals surface area (Å²) in [5.41, 5.74) is 7.34. The summed E-state index contributed by atoms with van der Waals surface area (Å²) in [5, 5.41) is 7.48. The van der Waals surface area contributed by atoms with Crippen molar-refractivity contribution < 1.29 is 9.02 Å². The summed E-state index contributed by atoms with van der Waals surface area (Å²) < 4.78 is 17.7. The van der Waals surface area contributed by atoms with E-state index in [9.17, 15) is 4.39 Å². The van der Waals surface area contributed by atoms with E-state index in [1.165, 1.54) is 18.2 Å². The minimum atomic E-state index is -0.506. The molecule has 100 valence electrons. The van der Waals surface area contributed by atoms with Crippen molar-refractivity contribution in [1.29, 1.82) is 0 Å². The van der Waals surface area contributed by atoms with Crippen LogP contribution in [0.15, 0.2) is 27.8 Å². The molecule has 0 unspecified atom stereocenters. The number of aryl methyl sites for hydroxylation is 1. The van der Waals surface area contributed by atoms with Gasteiger partial charge in [0.15, 0.2) is 11.5 Å². The Balaban J connectivity index is 2.31. The van der Waals surface area contributed by atoms with Gasteiger partial charge in [-0.15, -0.1) is 0 Å². The molecular weight excluding hydrogens is 271 g/mol. The van der Waals surface area contributed by atoms with Crippen molar-refractivity contribution in [2.45, 2.75) is 19.8 Å². The number of hydrogen-bond donors (Lipinski definition) is 1. The first-order chi connectivity index (χ1) is 9.11. The summed E-state index contributed by atoms with van der Waals surface area (Å²) in [7, 11) is 0. The highest BCUT2D eigenvalue weighted by Crippen LogP contribution is 2.22. The maximum atomic E-state index is 13.0. The standard InChI is InChI=1S/C12H12ClFN4O/c1-2-3-10-11(18-19-17-10)12(15)16-7-4-5-9(14)8(13)6-7/h4-6H,2-3H2,1H3,(H2,15,16). The SMILES string of the molecule is CCCc1nonc1C(N)=Nc1ccc(F)c(Cl)c1. The molecule has 7 heteroatoms. The summed E-state index contributed by atoms with van der Waals surface area (Å²) in [4.78, 5) is 4.13. The van der Waals surface area contributed by atoms with E-state index in [2.05, 4.69) is 19.9 Å². The lowest BCUT2D eigenvalue weighted by Crippen LogP contribution is -2.15. The zero-order chi connectivity index (χ0) is 13.8. The molecule has 0 aliphatic heterocycles. The number of hydrogen-bond acceptors (Lipinski definition) is 4. The molecule has 5 nitrogen and oxygen atoms in total. The monoisotopic (exact) mass is 282 g/mol. The second-order valence-electron chi connectivity index (χ2n) is 3.90. The highest BCUT2D eigenvalue weighted by atomic mass is 35.5. The molecule has 0 saturated heterocycles. The van der Waals surface area contributed by atoms with Gasteiger partial charge < -0.3 is 5.73 Å². The number of aliphatic imine (C=N–C) groups is 1. The van der Waals surface area contributed by atoms with Gasteiger partial charge in [0.1, 0.15) is 11.5 Å². The van der Waals surface area contributed by atoms with Crippen LogP contribution in [-0.4, -0.2) is 16.1 Å². The van der Waals surface area contributed by atoms with E-state index in [0.29, 0.717) is 23.5 Å². The third-order valence-electron chi connectivity index (χ3n) is 2.44. The maximum absolute atomic E-state index is 13.0. The van der Waals surface area contributed by atoms with Crippen LogP contribution >= 0.6 is 11.6 Å². The fourth-order valence-corrected chi connectivity index (χ4v) is 1.72. The normalized spacial score (nSPS) is 11.8. The van der Waals surface area contributed by atoms with Gasteiger partial charge in [-0.3, -0.25) is 0 Å². The second kappa shape index (κ2) is 5.79. The Morgan fingerprint density at radius 1 is 1.47 bits per heavy atom.